The molecular formula is C35H33ClN6O3. The number of carbonyl (C=O) groups is 1. The molecular weight excluding hydrogens is 588 g/mol. The highest BCUT2D eigenvalue weighted by Gasteiger charge is 2.29. The van der Waals surface area contributed by atoms with Crippen molar-refractivity contribution >= 4 is 28.7 Å². The second kappa shape index (κ2) is 11.5. The number of hydrogen-bond donors (Lipinski definition) is 1. The zero-order chi connectivity index (χ0) is 31.4. The van der Waals surface area contributed by atoms with Crippen LogP contribution in [-0.4, -0.2) is 54.8 Å². The lowest BCUT2D eigenvalue weighted by atomic mass is 9.96. The van der Waals surface area contributed by atoms with E-state index in [1.807, 2.05) is 60.1 Å². The van der Waals surface area contributed by atoms with E-state index in [1.165, 1.54) is 5.56 Å². The van der Waals surface area contributed by atoms with E-state index in [4.69, 9.17) is 26.1 Å². The lowest BCUT2D eigenvalue weighted by Crippen LogP contribution is -2.25. The number of aromatic nitrogens is 3. The summed E-state index contributed by atoms with van der Waals surface area (Å²) in [5.74, 6) is -0.695. The van der Waals surface area contributed by atoms with Gasteiger partial charge in [-0.2, -0.15) is 10.4 Å². The molecule has 1 atom stereocenters. The molecule has 45 heavy (non-hydrogen) atoms. The topological polar surface area (TPSA) is 111 Å². The number of nitriles is 1. The van der Waals surface area contributed by atoms with Gasteiger partial charge in [0.05, 0.1) is 27.9 Å². The van der Waals surface area contributed by atoms with E-state index in [0.717, 1.165) is 52.3 Å². The van der Waals surface area contributed by atoms with Crippen molar-refractivity contribution in [2.24, 2.45) is 5.92 Å². The van der Waals surface area contributed by atoms with Crippen LogP contribution in [0.5, 0.6) is 0 Å². The Morgan fingerprint density at radius 3 is 2.67 bits per heavy atom. The Morgan fingerprint density at radius 1 is 1.16 bits per heavy atom. The average Bonchev–Trinajstić information content (AvgIpc) is 3.80. The number of carboxylic acid groups (broad SMARTS) is 1. The maximum atomic E-state index is 11.4. The highest BCUT2D eigenvalue weighted by molar-refractivity contribution is 6.35. The number of carboxylic acids is 1. The monoisotopic (exact) mass is 620 g/mol. The molecule has 7 rings (SSSR count). The third kappa shape index (κ3) is 5.29. The van der Waals surface area contributed by atoms with Gasteiger partial charge in [-0.25, -0.2) is 9.67 Å². The zero-order valence-electron chi connectivity index (χ0n) is 25.4. The van der Waals surface area contributed by atoms with Gasteiger partial charge in [0.2, 0.25) is 5.89 Å². The first kappa shape index (κ1) is 29.2. The SMILES string of the molecule is Cc1c(-c2nc3cc(CN4CC[C@@H](C(=O)O)C4)cc(C#N)c3o2)cccc1-c1cccc(-n2cc3c(n2)CN(C(C)C)C3)c1Cl. The predicted octanol–water partition coefficient (Wildman–Crippen LogP) is 6.81. The van der Waals surface area contributed by atoms with E-state index in [0.29, 0.717) is 59.7 Å². The van der Waals surface area contributed by atoms with Crippen molar-refractivity contribution in [2.45, 2.75) is 52.9 Å². The van der Waals surface area contributed by atoms with E-state index < -0.39 is 5.97 Å². The number of nitrogens with zero attached hydrogens (tertiary/aromatic N) is 6. The molecule has 5 aromatic rings. The number of benzene rings is 3. The first-order chi connectivity index (χ1) is 21.7. The largest absolute Gasteiger partial charge is 0.481 e. The van der Waals surface area contributed by atoms with Gasteiger partial charge in [-0.3, -0.25) is 14.6 Å². The van der Waals surface area contributed by atoms with Crippen LogP contribution in [0.2, 0.25) is 5.02 Å². The summed E-state index contributed by atoms with van der Waals surface area (Å²) in [6.45, 7) is 9.89. The molecule has 0 unspecified atom stereocenters. The number of halogens is 1. The molecule has 0 aliphatic carbocycles. The maximum Gasteiger partial charge on any atom is 0.307 e. The highest BCUT2D eigenvalue weighted by Crippen LogP contribution is 2.39. The van der Waals surface area contributed by atoms with E-state index in [2.05, 4.69) is 35.9 Å². The molecule has 2 aromatic heterocycles. The molecule has 9 nitrogen and oxygen atoms in total. The molecule has 4 heterocycles. The Kier molecular flexibility index (Phi) is 7.44. The molecule has 1 saturated heterocycles. The fourth-order valence-electron chi connectivity index (χ4n) is 6.55. The lowest BCUT2D eigenvalue weighted by molar-refractivity contribution is -0.141. The molecule has 0 amide bonds. The normalized spacial score (nSPS) is 16.9. The summed E-state index contributed by atoms with van der Waals surface area (Å²) in [7, 11) is 0. The molecule has 1 N–H and O–H groups in total. The van der Waals surface area contributed by atoms with E-state index >= 15 is 0 Å². The molecule has 0 bridgehead atoms. The van der Waals surface area contributed by atoms with Crippen molar-refractivity contribution in [3.05, 3.63) is 87.7 Å². The minimum Gasteiger partial charge on any atom is -0.481 e. The van der Waals surface area contributed by atoms with Gasteiger partial charge in [-0.15, -0.1) is 0 Å². The molecule has 2 aliphatic rings. The van der Waals surface area contributed by atoms with Gasteiger partial charge in [0, 0.05) is 55.1 Å². The van der Waals surface area contributed by atoms with E-state index in [-0.39, 0.29) is 5.92 Å². The molecule has 0 spiro atoms. The summed E-state index contributed by atoms with van der Waals surface area (Å²) < 4.78 is 8.12. The van der Waals surface area contributed by atoms with Crippen molar-refractivity contribution in [2.75, 3.05) is 13.1 Å². The van der Waals surface area contributed by atoms with Crippen LogP contribution in [0.1, 0.15) is 48.2 Å². The molecule has 228 valence electrons. The number of fused-ring (bicyclic) bond motifs is 2. The van der Waals surface area contributed by atoms with E-state index in [1.54, 1.807) is 0 Å². The summed E-state index contributed by atoms with van der Waals surface area (Å²) in [5, 5.41) is 24.8. The number of oxazole rings is 1. The molecule has 3 aromatic carbocycles. The lowest BCUT2D eigenvalue weighted by Gasteiger charge is -2.19. The molecule has 2 aliphatic heterocycles. The Balaban J connectivity index is 1.21. The van der Waals surface area contributed by atoms with Crippen molar-refractivity contribution in [3.8, 4) is 34.3 Å². The van der Waals surface area contributed by atoms with Crippen LogP contribution in [0.4, 0.5) is 0 Å². The smallest absolute Gasteiger partial charge is 0.307 e. The van der Waals surface area contributed by atoms with Gasteiger partial charge in [-0.05, 0) is 74.7 Å². The maximum absolute atomic E-state index is 11.4. The second-order valence-electron chi connectivity index (χ2n) is 12.3. The first-order valence-electron chi connectivity index (χ1n) is 15.2. The van der Waals surface area contributed by atoms with Crippen LogP contribution in [0.3, 0.4) is 0 Å². The average molecular weight is 621 g/mol. The van der Waals surface area contributed by atoms with Crippen LogP contribution in [0, 0.1) is 24.2 Å². The van der Waals surface area contributed by atoms with Crippen LogP contribution in [0.15, 0.2) is 59.1 Å². The van der Waals surface area contributed by atoms with Crippen LogP contribution in [-0.2, 0) is 24.4 Å². The Labute approximate surface area is 266 Å². The van der Waals surface area contributed by atoms with E-state index in [9.17, 15) is 15.2 Å². The van der Waals surface area contributed by atoms with Gasteiger partial charge in [0.15, 0.2) is 5.58 Å². The molecule has 1 fully saturated rings. The molecule has 10 heteroatoms. The molecule has 0 saturated carbocycles. The predicted molar refractivity (Wildman–Crippen MR) is 172 cm³/mol. The fourth-order valence-corrected chi connectivity index (χ4v) is 6.86. The van der Waals surface area contributed by atoms with Crippen LogP contribution >= 0.6 is 11.6 Å². The van der Waals surface area contributed by atoms with Crippen molar-refractivity contribution in [1.82, 2.24) is 24.6 Å². The summed E-state index contributed by atoms with van der Waals surface area (Å²) in [4.78, 5) is 20.7. The van der Waals surface area contributed by atoms with Gasteiger partial charge in [0.25, 0.3) is 0 Å². The number of hydrogen-bond acceptors (Lipinski definition) is 7. The number of aliphatic carboxylic acids is 1. The third-order valence-corrected chi connectivity index (χ3v) is 9.51. The molecule has 0 radical (unpaired) electrons. The second-order valence-corrected chi connectivity index (χ2v) is 12.7. The van der Waals surface area contributed by atoms with Gasteiger partial charge < -0.3 is 9.52 Å². The van der Waals surface area contributed by atoms with Crippen molar-refractivity contribution in [3.63, 3.8) is 0 Å². The number of likely N-dealkylation sites (tertiary alicyclic amines) is 1. The standard InChI is InChI=1S/C35H33ClN6O3/c1-20(2)41-17-25-18-42(39-30(25)19-41)31-9-5-8-28(32(31)36)26-6-4-7-27(21(26)3)34-38-29-13-22(12-24(14-37)33(29)45-34)15-40-11-10-23(16-40)35(43)44/h4-9,12-13,18,20,23H,10-11,15-17,19H2,1-3H3,(H,43,44)/t23-/m1/s1. The van der Waals surface area contributed by atoms with Crippen LogP contribution < -0.4 is 0 Å². The van der Waals surface area contributed by atoms with Crippen LogP contribution in [0.25, 0.3) is 39.4 Å². The van der Waals surface area contributed by atoms with Crippen molar-refractivity contribution < 1.29 is 14.3 Å². The minimum atomic E-state index is -0.764. The summed E-state index contributed by atoms with van der Waals surface area (Å²) in [6, 6.07) is 18.4. The summed E-state index contributed by atoms with van der Waals surface area (Å²) in [5.41, 5.74) is 9.08. The Hall–Kier alpha value is -4.49. The van der Waals surface area contributed by atoms with Gasteiger partial charge >= 0.3 is 5.97 Å². The minimum absolute atomic E-state index is 0.358. The summed E-state index contributed by atoms with van der Waals surface area (Å²) >= 11 is 7.08. The Bertz CT molecular complexity index is 1980. The van der Waals surface area contributed by atoms with Gasteiger partial charge in [0.1, 0.15) is 11.6 Å². The highest BCUT2D eigenvalue weighted by atomic mass is 35.5. The van der Waals surface area contributed by atoms with Gasteiger partial charge in [-0.1, -0.05) is 35.9 Å². The zero-order valence-corrected chi connectivity index (χ0v) is 26.2. The fraction of sp³-hybridized carbons (Fsp3) is 0.314. The summed E-state index contributed by atoms with van der Waals surface area (Å²) in [6.07, 6.45) is 2.71. The van der Waals surface area contributed by atoms with Crippen molar-refractivity contribution in [1.29, 1.82) is 5.26 Å². The quantitative estimate of drug-likeness (QED) is 0.211. The number of rotatable bonds is 7. The third-order valence-electron chi connectivity index (χ3n) is 9.11. The first-order valence-corrected chi connectivity index (χ1v) is 15.6. The Morgan fingerprint density at radius 2 is 1.93 bits per heavy atom.